The molecule has 2 saturated heterocycles. The van der Waals surface area contributed by atoms with Crippen LogP contribution in [0.3, 0.4) is 0 Å². The Labute approximate surface area is 138 Å². The van der Waals surface area contributed by atoms with Gasteiger partial charge in [-0.3, -0.25) is 9.59 Å². The molecule has 2 aliphatic rings. The summed E-state index contributed by atoms with van der Waals surface area (Å²) in [5.74, 6) is -2.39. The van der Waals surface area contributed by atoms with Crippen molar-refractivity contribution in [2.45, 2.75) is 32.2 Å². The van der Waals surface area contributed by atoms with E-state index < -0.39 is 17.9 Å². The predicted octanol–water partition coefficient (Wildman–Crippen LogP) is 1.56. The van der Waals surface area contributed by atoms with E-state index >= 15 is 0 Å². The van der Waals surface area contributed by atoms with Crippen molar-refractivity contribution in [2.24, 2.45) is 5.92 Å². The molecule has 0 aliphatic carbocycles. The Hall–Kier alpha value is -2.44. The molecule has 7 heteroatoms. The Balaban J connectivity index is 1.75. The molecule has 2 heterocycles. The van der Waals surface area contributed by atoms with Crippen LogP contribution in [-0.2, 0) is 14.4 Å². The van der Waals surface area contributed by atoms with Gasteiger partial charge in [-0.1, -0.05) is 0 Å². The monoisotopic (exact) mass is 334 g/mol. The lowest BCUT2D eigenvalue weighted by atomic mass is 10.1. The fourth-order valence-electron chi connectivity index (χ4n) is 3.44. The molecule has 0 spiro atoms. The summed E-state index contributed by atoms with van der Waals surface area (Å²) in [4.78, 5) is 39.0. The van der Waals surface area contributed by atoms with Gasteiger partial charge < -0.3 is 14.9 Å². The number of carbonyl (C=O) groups excluding carboxylic acids is 2. The van der Waals surface area contributed by atoms with Crippen LogP contribution in [-0.4, -0.2) is 46.9 Å². The van der Waals surface area contributed by atoms with Gasteiger partial charge >= 0.3 is 5.97 Å². The first-order valence-corrected chi connectivity index (χ1v) is 7.98. The zero-order chi connectivity index (χ0) is 17.4. The Morgan fingerprint density at radius 3 is 2.75 bits per heavy atom. The van der Waals surface area contributed by atoms with E-state index in [-0.39, 0.29) is 30.6 Å². The SMILES string of the molecule is Cc1cc(N2CC(C(=O)N3CCC[C@@H]3C(=O)O)CC2=O)ccc1F. The number of halogens is 1. The number of likely N-dealkylation sites (tertiary alicyclic amines) is 1. The van der Waals surface area contributed by atoms with E-state index in [0.29, 0.717) is 30.6 Å². The average Bonchev–Trinajstić information content (AvgIpc) is 3.16. The van der Waals surface area contributed by atoms with Crippen molar-refractivity contribution >= 4 is 23.5 Å². The number of hydrogen-bond donors (Lipinski definition) is 1. The normalized spacial score (nSPS) is 23.8. The molecule has 0 bridgehead atoms. The maximum absolute atomic E-state index is 13.4. The second-order valence-corrected chi connectivity index (χ2v) is 6.37. The first kappa shape index (κ1) is 16.4. The number of hydrogen-bond acceptors (Lipinski definition) is 3. The summed E-state index contributed by atoms with van der Waals surface area (Å²) in [5, 5.41) is 9.21. The van der Waals surface area contributed by atoms with Gasteiger partial charge in [0.15, 0.2) is 0 Å². The Kier molecular flexibility index (Phi) is 4.26. The lowest BCUT2D eigenvalue weighted by Crippen LogP contribution is -2.44. The third kappa shape index (κ3) is 2.86. The summed E-state index contributed by atoms with van der Waals surface area (Å²) in [6.45, 7) is 2.23. The van der Waals surface area contributed by atoms with Gasteiger partial charge in [-0.25, -0.2) is 9.18 Å². The van der Waals surface area contributed by atoms with Crippen molar-refractivity contribution in [3.05, 3.63) is 29.6 Å². The minimum absolute atomic E-state index is 0.0537. The summed E-state index contributed by atoms with van der Waals surface area (Å²) in [6, 6.07) is 3.60. The molecular formula is C17H19FN2O4. The van der Waals surface area contributed by atoms with E-state index in [9.17, 15) is 23.9 Å². The first-order valence-electron chi connectivity index (χ1n) is 7.98. The molecule has 6 nitrogen and oxygen atoms in total. The topological polar surface area (TPSA) is 77.9 Å². The van der Waals surface area contributed by atoms with E-state index in [1.807, 2.05) is 0 Å². The number of anilines is 1. The summed E-state index contributed by atoms with van der Waals surface area (Å²) in [6.07, 6.45) is 1.16. The molecule has 2 aliphatic heterocycles. The van der Waals surface area contributed by atoms with Crippen LogP contribution in [0.1, 0.15) is 24.8 Å². The van der Waals surface area contributed by atoms with E-state index in [1.54, 1.807) is 13.0 Å². The van der Waals surface area contributed by atoms with Crippen LogP contribution in [0.2, 0.25) is 0 Å². The van der Waals surface area contributed by atoms with Crippen LogP contribution in [0.15, 0.2) is 18.2 Å². The van der Waals surface area contributed by atoms with Gasteiger partial charge in [0.1, 0.15) is 11.9 Å². The van der Waals surface area contributed by atoms with Crippen LogP contribution in [0.25, 0.3) is 0 Å². The smallest absolute Gasteiger partial charge is 0.326 e. The van der Waals surface area contributed by atoms with E-state index in [2.05, 4.69) is 0 Å². The minimum atomic E-state index is -1.00. The fraction of sp³-hybridized carbons (Fsp3) is 0.471. The second kappa shape index (κ2) is 6.22. The highest BCUT2D eigenvalue weighted by atomic mass is 19.1. The van der Waals surface area contributed by atoms with Crippen LogP contribution >= 0.6 is 0 Å². The van der Waals surface area contributed by atoms with Gasteiger partial charge in [-0.2, -0.15) is 0 Å². The largest absolute Gasteiger partial charge is 0.480 e. The number of amides is 2. The summed E-state index contributed by atoms with van der Waals surface area (Å²) < 4.78 is 13.4. The Bertz CT molecular complexity index is 706. The van der Waals surface area contributed by atoms with E-state index in [4.69, 9.17) is 0 Å². The number of nitrogens with zero attached hydrogens (tertiary/aromatic N) is 2. The van der Waals surface area contributed by atoms with Crippen molar-refractivity contribution in [1.82, 2.24) is 4.90 Å². The van der Waals surface area contributed by atoms with Crippen molar-refractivity contribution in [1.29, 1.82) is 0 Å². The zero-order valence-corrected chi connectivity index (χ0v) is 13.4. The minimum Gasteiger partial charge on any atom is -0.480 e. The molecule has 0 saturated carbocycles. The summed E-state index contributed by atoms with van der Waals surface area (Å²) >= 11 is 0. The van der Waals surface area contributed by atoms with E-state index in [0.717, 1.165) is 0 Å². The van der Waals surface area contributed by atoms with Gasteiger partial charge in [-0.05, 0) is 43.5 Å². The lowest BCUT2D eigenvalue weighted by Gasteiger charge is -2.24. The van der Waals surface area contributed by atoms with Gasteiger partial charge in [0.2, 0.25) is 11.8 Å². The van der Waals surface area contributed by atoms with Gasteiger partial charge in [0.25, 0.3) is 0 Å². The number of carboxylic acid groups (broad SMARTS) is 1. The Morgan fingerprint density at radius 2 is 2.08 bits per heavy atom. The number of aryl methyl sites for hydroxylation is 1. The zero-order valence-electron chi connectivity index (χ0n) is 13.4. The van der Waals surface area contributed by atoms with Crippen molar-refractivity contribution in [2.75, 3.05) is 18.0 Å². The molecule has 128 valence electrons. The molecule has 1 aromatic carbocycles. The van der Waals surface area contributed by atoms with Crippen LogP contribution in [0.4, 0.5) is 10.1 Å². The van der Waals surface area contributed by atoms with E-state index in [1.165, 1.54) is 21.9 Å². The van der Waals surface area contributed by atoms with Crippen molar-refractivity contribution in [3.63, 3.8) is 0 Å². The molecule has 3 rings (SSSR count). The number of rotatable bonds is 3. The molecule has 2 fully saturated rings. The highest BCUT2D eigenvalue weighted by Gasteiger charge is 2.42. The van der Waals surface area contributed by atoms with Crippen LogP contribution in [0, 0.1) is 18.7 Å². The standard InChI is InChI=1S/C17H19FN2O4/c1-10-7-12(4-5-13(10)18)20-9-11(8-15(20)21)16(22)19-6-2-3-14(19)17(23)24/h4-5,7,11,14H,2-3,6,8-9H2,1H3,(H,23,24)/t11?,14-/m1/s1. The van der Waals surface area contributed by atoms with Crippen molar-refractivity contribution in [3.8, 4) is 0 Å². The predicted molar refractivity (Wildman–Crippen MR) is 84.0 cm³/mol. The third-order valence-corrected chi connectivity index (χ3v) is 4.75. The fourth-order valence-corrected chi connectivity index (χ4v) is 3.44. The van der Waals surface area contributed by atoms with Crippen LogP contribution < -0.4 is 4.90 Å². The molecule has 2 atom stereocenters. The first-order chi connectivity index (χ1) is 11.4. The highest BCUT2D eigenvalue weighted by Crippen LogP contribution is 2.29. The number of benzene rings is 1. The molecule has 24 heavy (non-hydrogen) atoms. The second-order valence-electron chi connectivity index (χ2n) is 6.37. The molecule has 0 radical (unpaired) electrons. The molecule has 0 aromatic heterocycles. The van der Waals surface area contributed by atoms with Gasteiger partial charge in [0, 0.05) is 25.2 Å². The summed E-state index contributed by atoms with van der Waals surface area (Å²) in [5.41, 5.74) is 0.992. The third-order valence-electron chi connectivity index (χ3n) is 4.75. The number of carbonyl (C=O) groups is 3. The van der Waals surface area contributed by atoms with Crippen molar-refractivity contribution < 1.29 is 23.9 Å². The van der Waals surface area contributed by atoms with Crippen LogP contribution in [0.5, 0.6) is 0 Å². The molecule has 1 unspecified atom stereocenters. The number of aliphatic carboxylic acids is 1. The molecule has 1 N–H and O–H groups in total. The Morgan fingerprint density at radius 1 is 1.33 bits per heavy atom. The lowest BCUT2D eigenvalue weighted by molar-refractivity contribution is -0.149. The summed E-state index contributed by atoms with van der Waals surface area (Å²) in [7, 11) is 0. The number of carboxylic acids is 1. The quantitative estimate of drug-likeness (QED) is 0.910. The highest BCUT2D eigenvalue weighted by molar-refractivity contribution is 6.01. The van der Waals surface area contributed by atoms with Gasteiger partial charge in [-0.15, -0.1) is 0 Å². The molecule has 1 aromatic rings. The van der Waals surface area contributed by atoms with Gasteiger partial charge in [0.05, 0.1) is 5.92 Å². The molecule has 2 amide bonds. The molecular weight excluding hydrogens is 315 g/mol. The average molecular weight is 334 g/mol. The maximum Gasteiger partial charge on any atom is 0.326 e. The maximum atomic E-state index is 13.4.